The fourth-order valence-electron chi connectivity index (χ4n) is 3.98. The molecule has 10 heteroatoms. The zero-order chi connectivity index (χ0) is 26.6. The zero-order valence-electron chi connectivity index (χ0n) is 20.2. The Morgan fingerprint density at radius 2 is 1.68 bits per heavy atom. The van der Waals surface area contributed by atoms with Crippen LogP contribution in [-0.2, 0) is 27.3 Å². The first-order valence-corrected chi connectivity index (χ1v) is 13.2. The molecule has 0 aliphatic heterocycles. The van der Waals surface area contributed by atoms with Gasteiger partial charge >= 0.3 is 6.18 Å². The van der Waals surface area contributed by atoms with Crippen molar-refractivity contribution in [1.29, 1.82) is 0 Å². The molecule has 6 nitrogen and oxygen atoms in total. The van der Waals surface area contributed by atoms with Crippen molar-refractivity contribution in [2.24, 2.45) is 0 Å². The Hall–Kier alpha value is -3.47. The fraction of sp³-hybridized carbons (Fsp3) is 0.222. The number of methoxy groups -OCH3 is 1. The lowest BCUT2D eigenvalue weighted by Gasteiger charge is -2.17. The van der Waals surface area contributed by atoms with Gasteiger partial charge in [-0.05, 0) is 53.1 Å². The van der Waals surface area contributed by atoms with E-state index in [1.165, 1.54) is 24.4 Å². The van der Waals surface area contributed by atoms with E-state index in [-0.39, 0.29) is 10.4 Å². The van der Waals surface area contributed by atoms with Crippen LogP contribution in [0.3, 0.4) is 0 Å². The van der Waals surface area contributed by atoms with E-state index in [0.717, 1.165) is 12.3 Å². The number of aromatic nitrogens is 1. The maximum atomic E-state index is 13.7. The Morgan fingerprint density at radius 1 is 0.973 bits per heavy atom. The molecular weight excluding hydrogens is 505 g/mol. The SMILES string of the molecule is COCCNCc1cnc2c(C(F)(F)F)cccc2c1-c1cccc(Oc2cccc(S(C)(=O)=O)c2)c1. The summed E-state index contributed by atoms with van der Waals surface area (Å²) >= 11 is 0. The molecule has 0 saturated heterocycles. The fourth-order valence-corrected chi connectivity index (χ4v) is 4.64. The van der Waals surface area contributed by atoms with Gasteiger partial charge in [0.05, 0.1) is 22.6 Å². The molecule has 0 spiro atoms. The number of rotatable bonds is 9. The van der Waals surface area contributed by atoms with E-state index >= 15 is 0 Å². The van der Waals surface area contributed by atoms with Crippen LogP contribution in [-0.4, -0.2) is 39.9 Å². The van der Waals surface area contributed by atoms with Gasteiger partial charge in [-0.3, -0.25) is 4.98 Å². The molecule has 0 bridgehead atoms. The van der Waals surface area contributed by atoms with Crippen molar-refractivity contribution in [2.75, 3.05) is 26.5 Å². The van der Waals surface area contributed by atoms with Gasteiger partial charge in [-0.15, -0.1) is 0 Å². The third kappa shape index (κ3) is 6.27. The molecule has 0 fully saturated rings. The lowest BCUT2D eigenvalue weighted by atomic mass is 9.94. The molecule has 0 aliphatic carbocycles. The number of alkyl halides is 3. The Morgan fingerprint density at radius 3 is 2.38 bits per heavy atom. The molecule has 1 heterocycles. The van der Waals surface area contributed by atoms with E-state index in [1.54, 1.807) is 49.6 Å². The average molecular weight is 531 g/mol. The zero-order valence-corrected chi connectivity index (χ0v) is 21.0. The summed E-state index contributed by atoms with van der Waals surface area (Å²) < 4.78 is 76.0. The van der Waals surface area contributed by atoms with Crippen LogP contribution in [0.4, 0.5) is 13.2 Å². The van der Waals surface area contributed by atoms with Crippen LogP contribution in [0, 0.1) is 0 Å². The number of fused-ring (bicyclic) bond motifs is 1. The standard InChI is InChI=1S/C27H25F3N2O4S/c1-35-13-12-31-16-19-17-32-26-23(10-5-11-24(26)27(28,29)30)25(19)18-6-3-7-20(14-18)36-21-8-4-9-22(15-21)37(2,33)34/h3-11,14-15,17,31H,12-13,16H2,1-2H3. The highest BCUT2D eigenvalue weighted by atomic mass is 32.2. The highest BCUT2D eigenvalue weighted by molar-refractivity contribution is 7.90. The van der Waals surface area contributed by atoms with Crippen molar-refractivity contribution < 1.29 is 31.1 Å². The van der Waals surface area contributed by atoms with Crippen molar-refractivity contribution >= 4 is 20.7 Å². The first-order valence-electron chi connectivity index (χ1n) is 11.3. The number of pyridine rings is 1. The first kappa shape index (κ1) is 26.6. The quantitative estimate of drug-likeness (QED) is 0.274. The summed E-state index contributed by atoms with van der Waals surface area (Å²) in [6.07, 6.45) is -1.99. The Bertz CT molecular complexity index is 1520. The largest absolute Gasteiger partial charge is 0.457 e. The lowest BCUT2D eigenvalue weighted by molar-refractivity contribution is -0.136. The Labute approximate surface area is 213 Å². The second-order valence-corrected chi connectivity index (χ2v) is 10.4. The van der Waals surface area contributed by atoms with Gasteiger partial charge in [0.15, 0.2) is 9.84 Å². The number of benzene rings is 3. The minimum absolute atomic E-state index is 0.116. The van der Waals surface area contributed by atoms with Gasteiger partial charge in [0.25, 0.3) is 0 Å². The normalized spacial score (nSPS) is 12.1. The molecule has 0 unspecified atom stereocenters. The lowest BCUT2D eigenvalue weighted by Crippen LogP contribution is -2.19. The Kier molecular flexibility index (Phi) is 7.82. The van der Waals surface area contributed by atoms with Crippen LogP contribution in [0.25, 0.3) is 22.0 Å². The molecular formula is C27H25F3N2O4S. The first-order chi connectivity index (χ1) is 17.6. The summed E-state index contributed by atoms with van der Waals surface area (Å²) in [5.41, 5.74) is 0.982. The third-order valence-electron chi connectivity index (χ3n) is 5.67. The molecule has 1 aromatic heterocycles. The van der Waals surface area contributed by atoms with Gasteiger partial charge in [-0.1, -0.05) is 30.3 Å². The van der Waals surface area contributed by atoms with Crippen molar-refractivity contribution in [3.63, 3.8) is 0 Å². The maximum Gasteiger partial charge on any atom is 0.418 e. The van der Waals surface area contributed by atoms with Crippen LogP contribution in [0.2, 0.25) is 0 Å². The van der Waals surface area contributed by atoms with Crippen molar-refractivity contribution in [3.8, 4) is 22.6 Å². The number of hydrogen-bond donors (Lipinski definition) is 1. The molecule has 0 atom stereocenters. The highest BCUT2D eigenvalue weighted by Crippen LogP contribution is 2.39. The van der Waals surface area contributed by atoms with Gasteiger partial charge < -0.3 is 14.8 Å². The molecule has 0 amide bonds. The molecule has 0 aliphatic rings. The van der Waals surface area contributed by atoms with Gasteiger partial charge in [-0.25, -0.2) is 8.42 Å². The van der Waals surface area contributed by atoms with Gasteiger partial charge in [-0.2, -0.15) is 13.2 Å². The van der Waals surface area contributed by atoms with E-state index in [1.807, 2.05) is 0 Å². The average Bonchev–Trinajstić information content (AvgIpc) is 2.85. The number of nitrogens with one attached hydrogen (secondary N) is 1. The molecule has 1 N–H and O–H groups in total. The van der Waals surface area contributed by atoms with Crippen LogP contribution in [0.5, 0.6) is 11.5 Å². The molecule has 3 aromatic carbocycles. The number of ether oxygens (including phenoxy) is 2. The van der Waals surface area contributed by atoms with E-state index in [4.69, 9.17) is 9.47 Å². The van der Waals surface area contributed by atoms with E-state index in [9.17, 15) is 21.6 Å². The molecule has 4 rings (SSSR count). The van der Waals surface area contributed by atoms with Crippen molar-refractivity contribution in [1.82, 2.24) is 10.3 Å². The monoisotopic (exact) mass is 530 g/mol. The number of para-hydroxylation sites is 1. The summed E-state index contributed by atoms with van der Waals surface area (Å²) in [5, 5.41) is 3.58. The minimum atomic E-state index is -4.56. The van der Waals surface area contributed by atoms with Crippen LogP contribution < -0.4 is 10.1 Å². The van der Waals surface area contributed by atoms with E-state index in [2.05, 4.69) is 10.3 Å². The molecule has 37 heavy (non-hydrogen) atoms. The molecule has 0 radical (unpaired) electrons. The number of hydrogen-bond acceptors (Lipinski definition) is 6. The predicted octanol–water partition coefficient (Wildman–Crippen LogP) is 5.85. The van der Waals surface area contributed by atoms with Gasteiger partial charge in [0.1, 0.15) is 11.5 Å². The molecule has 194 valence electrons. The van der Waals surface area contributed by atoms with Crippen LogP contribution in [0.1, 0.15) is 11.1 Å². The summed E-state index contributed by atoms with van der Waals surface area (Å²) in [6, 6.07) is 17.0. The smallest absolute Gasteiger partial charge is 0.418 e. The Balaban J connectivity index is 1.80. The summed E-state index contributed by atoms with van der Waals surface area (Å²) in [6.45, 7) is 1.39. The minimum Gasteiger partial charge on any atom is -0.457 e. The third-order valence-corrected chi connectivity index (χ3v) is 6.78. The van der Waals surface area contributed by atoms with Gasteiger partial charge in [0.2, 0.25) is 0 Å². The number of nitrogens with zero attached hydrogens (tertiary/aromatic N) is 1. The second kappa shape index (κ2) is 10.9. The van der Waals surface area contributed by atoms with Crippen LogP contribution in [0.15, 0.2) is 77.8 Å². The van der Waals surface area contributed by atoms with Crippen molar-refractivity contribution in [2.45, 2.75) is 17.6 Å². The maximum absolute atomic E-state index is 13.7. The van der Waals surface area contributed by atoms with Crippen molar-refractivity contribution in [3.05, 3.63) is 84.1 Å². The topological polar surface area (TPSA) is 77.5 Å². The van der Waals surface area contributed by atoms with E-state index < -0.39 is 21.6 Å². The van der Waals surface area contributed by atoms with E-state index in [0.29, 0.717) is 53.3 Å². The molecule has 0 saturated carbocycles. The summed E-state index contributed by atoms with van der Waals surface area (Å²) in [5.74, 6) is 0.721. The predicted molar refractivity (Wildman–Crippen MR) is 135 cm³/mol. The summed E-state index contributed by atoms with van der Waals surface area (Å²) in [4.78, 5) is 4.29. The second-order valence-electron chi connectivity index (χ2n) is 8.40. The van der Waals surface area contributed by atoms with Crippen LogP contribution >= 0.6 is 0 Å². The number of sulfone groups is 1. The highest BCUT2D eigenvalue weighted by Gasteiger charge is 2.33. The van der Waals surface area contributed by atoms with Gasteiger partial charge in [0, 0.05) is 38.0 Å². The summed E-state index contributed by atoms with van der Waals surface area (Å²) in [7, 11) is -1.84. The molecule has 4 aromatic rings. The number of halogens is 3.